The number of methoxy groups -OCH3 is 1. The highest BCUT2D eigenvalue weighted by Gasteiger charge is 2.07. The number of ether oxygens (including phenoxy) is 1. The number of aromatic hydroxyl groups is 1. The molecule has 2 N–H and O–H groups in total. The van der Waals surface area contributed by atoms with Crippen LogP contribution in [0.4, 0.5) is 5.69 Å². The molecule has 1 amide bonds. The van der Waals surface area contributed by atoms with Crippen molar-refractivity contribution in [3.8, 4) is 11.5 Å². The molecule has 0 spiro atoms. The van der Waals surface area contributed by atoms with E-state index in [-0.39, 0.29) is 23.2 Å². The van der Waals surface area contributed by atoms with Crippen LogP contribution in [-0.2, 0) is 4.79 Å². The first kappa shape index (κ1) is 16.3. The largest absolute Gasteiger partial charge is 0.504 e. The molecule has 0 aliphatic rings. The summed E-state index contributed by atoms with van der Waals surface area (Å²) < 4.78 is 4.98. The van der Waals surface area contributed by atoms with Gasteiger partial charge in [0.15, 0.2) is 17.3 Å². The average molecular weight is 311 g/mol. The number of carbonyl (C=O) groups excluding carboxylic acids is 2. The summed E-state index contributed by atoms with van der Waals surface area (Å²) in [5.41, 5.74) is 1.95. The Balaban J connectivity index is 2.10. The maximum atomic E-state index is 12.1. The molecule has 0 saturated heterocycles. The zero-order chi connectivity index (χ0) is 16.8. The van der Waals surface area contributed by atoms with Crippen LogP contribution in [0.3, 0.4) is 0 Å². The van der Waals surface area contributed by atoms with Crippen molar-refractivity contribution < 1.29 is 19.4 Å². The SMILES string of the molecule is COc1cc(C(=O)/C=C/c2ccc(NC(C)=O)cc2)ccc1O. The number of nitrogens with one attached hydrogen (secondary N) is 1. The van der Waals surface area contributed by atoms with E-state index in [0.717, 1.165) is 5.56 Å². The van der Waals surface area contributed by atoms with Crippen molar-refractivity contribution in [2.75, 3.05) is 12.4 Å². The number of rotatable bonds is 5. The van der Waals surface area contributed by atoms with Gasteiger partial charge in [0.05, 0.1) is 7.11 Å². The lowest BCUT2D eigenvalue weighted by Gasteiger charge is -2.04. The Morgan fingerprint density at radius 3 is 2.43 bits per heavy atom. The molecular weight excluding hydrogens is 294 g/mol. The van der Waals surface area contributed by atoms with E-state index in [1.54, 1.807) is 30.3 Å². The van der Waals surface area contributed by atoms with Crippen LogP contribution in [0.5, 0.6) is 11.5 Å². The van der Waals surface area contributed by atoms with Gasteiger partial charge in [-0.15, -0.1) is 0 Å². The zero-order valence-corrected chi connectivity index (χ0v) is 12.9. The molecule has 0 aliphatic heterocycles. The lowest BCUT2D eigenvalue weighted by atomic mass is 10.1. The minimum atomic E-state index is -0.200. The van der Waals surface area contributed by atoms with E-state index in [0.29, 0.717) is 11.3 Å². The lowest BCUT2D eigenvalue weighted by molar-refractivity contribution is -0.114. The molecule has 2 rings (SSSR count). The van der Waals surface area contributed by atoms with Crippen LogP contribution in [0.15, 0.2) is 48.5 Å². The van der Waals surface area contributed by atoms with Gasteiger partial charge in [-0.05, 0) is 42.0 Å². The van der Waals surface area contributed by atoms with E-state index >= 15 is 0 Å². The number of benzene rings is 2. The molecule has 0 radical (unpaired) electrons. The highest BCUT2D eigenvalue weighted by atomic mass is 16.5. The number of hydrogen-bond donors (Lipinski definition) is 2. The number of amides is 1. The number of carbonyl (C=O) groups is 2. The first-order valence-corrected chi connectivity index (χ1v) is 6.96. The van der Waals surface area contributed by atoms with E-state index < -0.39 is 0 Å². The van der Waals surface area contributed by atoms with Crippen LogP contribution >= 0.6 is 0 Å². The zero-order valence-electron chi connectivity index (χ0n) is 12.9. The van der Waals surface area contributed by atoms with Crippen molar-refractivity contribution >= 4 is 23.5 Å². The standard InChI is InChI=1S/C18H17NO4/c1-12(20)19-15-7-3-13(4-8-15)5-9-16(21)14-6-10-17(22)18(11-14)23-2/h3-11,22H,1-2H3,(H,19,20)/b9-5+. The smallest absolute Gasteiger partial charge is 0.221 e. The van der Waals surface area contributed by atoms with Gasteiger partial charge in [0.2, 0.25) is 5.91 Å². The Morgan fingerprint density at radius 1 is 1.13 bits per heavy atom. The third kappa shape index (κ3) is 4.44. The monoisotopic (exact) mass is 311 g/mol. The fraction of sp³-hybridized carbons (Fsp3) is 0.111. The first-order valence-electron chi connectivity index (χ1n) is 6.96. The molecule has 0 aliphatic carbocycles. The van der Waals surface area contributed by atoms with Gasteiger partial charge in [0.25, 0.3) is 0 Å². The van der Waals surface area contributed by atoms with Gasteiger partial charge >= 0.3 is 0 Å². The van der Waals surface area contributed by atoms with Crippen molar-refractivity contribution in [3.05, 3.63) is 59.7 Å². The Hall–Kier alpha value is -3.08. The third-order valence-electron chi connectivity index (χ3n) is 3.12. The highest BCUT2D eigenvalue weighted by Crippen LogP contribution is 2.26. The minimum absolute atomic E-state index is 0.0124. The molecular formula is C18H17NO4. The second kappa shape index (κ2) is 7.26. The van der Waals surface area contributed by atoms with E-state index in [9.17, 15) is 14.7 Å². The summed E-state index contributed by atoms with van der Waals surface area (Å²) in [5, 5.41) is 12.2. The Bertz CT molecular complexity index is 748. The maximum Gasteiger partial charge on any atom is 0.221 e. The normalized spacial score (nSPS) is 10.5. The fourth-order valence-electron chi connectivity index (χ4n) is 1.98. The van der Waals surface area contributed by atoms with Crippen molar-refractivity contribution in [1.82, 2.24) is 0 Å². The molecule has 0 unspecified atom stereocenters. The predicted molar refractivity (Wildman–Crippen MR) is 88.8 cm³/mol. The average Bonchev–Trinajstić information content (AvgIpc) is 2.54. The second-order valence-electron chi connectivity index (χ2n) is 4.89. The van der Waals surface area contributed by atoms with Crippen molar-refractivity contribution in [3.63, 3.8) is 0 Å². The maximum absolute atomic E-state index is 12.1. The van der Waals surface area contributed by atoms with Gasteiger partial charge in [-0.25, -0.2) is 0 Å². The van der Waals surface area contributed by atoms with Crippen LogP contribution in [-0.4, -0.2) is 23.9 Å². The van der Waals surface area contributed by atoms with E-state index in [1.165, 1.54) is 38.3 Å². The number of anilines is 1. The second-order valence-corrected chi connectivity index (χ2v) is 4.89. The van der Waals surface area contributed by atoms with Crippen LogP contribution < -0.4 is 10.1 Å². The topological polar surface area (TPSA) is 75.6 Å². The molecule has 0 bridgehead atoms. The molecule has 5 heteroatoms. The Kier molecular flexibility index (Phi) is 5.15. The van der Waals surface area contributed by atoms with Gasteiger partial charge in [-0.2, -0.15) is 0 Å². The van der Waals surface area contributed by atoms with Crippen LogP contribution in [0.2, 0.25) is 0 Å². The van der Waals surface area contributed by atoms with Crippen LogP contribution in [0.1, 0.15) is 22.8 Å². The summed E-state index contributed by atoms with van der Waals surface area (Å²) in [6, 6.07) is 11.6. The van der Waals surface area contributed by atoms with Gasteiger partial charge < -0.3 is 15.2 Å². The predicted octanol–water partition coefficient (Wildman–Crippen LogP) is 3.26. The summed E-state index contributed by atoms with van der Waals surface area (Å²) >= 11 is 0. The molecule has 23 heavy (non-hydrogen) atoms. The number of allylic oxidation sites excluding steroid dienone is 1. The third-order valence-corrected chi connectivity index (χ3v) is 3.12. The van der Waals surface area contributed by atoms with E-state index in [2.05, 4.69) is 5.32 Å². The first-order chi connectivity index (χ1) is 11.0. The van der Waals surface area contributed by atoms with Crippen molar-refractivity contribution in [2.24, 2.45) is 0 Å². The van der Waals surface area contributed by atoms with Gasteiger partial charge in [0.1, 0.15) is 0 Å². The Labute approximate surface area is 134 Å². The van der Waals surface area contributed by atoms with Crippen molar-refractivity contribution in [1.29, 1.82) is 0 Å². The number of phenols is 1. The van der Waals surface area contributed by atoms with Gasteiger partial charge in [0, 0.05) is 18.2 Å². The quantitative estimate of drug-likeness (QED) is 0.656. The molecule has 2 aromatic carbocycles. The fourth-order valence-corrected chi connectivity index (χ4v) is 1.98. The molecule has 0 atom stereocenters. The molecule has 0 fully saturated rings. The molecule has 0 heterocycles. The highest BCUT2D eigenvalue weighted by molar-refractivity contribution is 6.07. The number of phenolic OH excluding ortho intramolecular Hbond substituents is 1. The van der Waals surface area contributed by atoms with Gasteiger partial charge in [-0.3, -0.25) is 9.59 Å². The summed E-state index contributed by atoms with van der Waals surface area (Å²) in [4.78, 5) is 23.1. The summed E-state index contributed by atoms with van der Waals surface area (Å²) in [6.45, 7) is 1.44. The van der Waals surface area contributed by atoms with E-state index in [1.807, 2.05) is 0 Å². The molecule has 5 nitrogen and oxygen atoms in total. The van der Waals surface area contributed by atoms with Crippen molar-refractivity contribution in [2.45, 2.75) is 6.92 Å². The minimum Gasteiger partial charge on any atom is -0.504 e. The van der Waals surface area contributed by atoms with Crippen LogP contribution in [0, 0.1) is 0 Å². The summed E-state index contributed by atoms with van der Waals surface area (Å²) in [7, 11) is 1.43. The Morgan fingerprint density at radius 2 is 1.83 bits per heavy atom. The number of hydrogen-bond acceptors (Lipinski definition) is 4. The molecule has 0 aromatic heterocycles. The summed E-state index contributed by atoms with van der Waals surface area (Å²) in [5.74, 6) is -0.0931. The summed E-state index contributed by atoms with van der Waals surface area (Å²) in [6.07, 6.45) is 3.12. The molecule has 0 saturated carbocycles. The number of ketones is 1. The molecule has 118 valence electrons. The lowest BCUT2D eigenvalue weighted by Crippen LogP contribution is -2.05. The molecule has 2 aromatic rings. The van der Waals surface area contributed by atoms with Crippen LogP contribution in [0.25, 0.3) is 6.08 Å². The van der Waals surface area contributed by atoms with E-state index in [4.69, 9.17) is 4.74 Å². The van der Waals surface area contributed by atoms with Gasteiger partial charge in [-0.1, -0.05) is 18.2 Å².